The Morgan fingerprint density at radius 3 is 2.41 bits per heavy atom. The number of ether oxygens (including phenoxy) is 1. The zero-order valence-electron chi connectivity index (χ0n) is 18.8. The minimum Gasteiger partial charge on any atom is -0.487 e. The molecule has 1 N–H and O–H groups in total. The predicted octanol–water partition coefficient (Wildman–Crippen LogP) is 5.18. The Balaban J connectivity index is 1.47. The lowest BCUT2D eigenvalue weighted by Gasteiger charge is -2.24. The highest BCUT2D eigenvalue weighted by Crippen LogP contribution is 2.37. The molecule has 0 saturated heterocycles. The van der Waals surface area contributed by atoms with Gasteiger partial charge in [0.05, 0.1) is 0 Å². The fourth-order valence-electron chi connectivity index (χ4n) is 4.30. The SMILES string of the molecule is C[C@@]1(Cc2ccc(F)cc2)Cc2cc(C(=O)N(CCc3ccc(Cl)cc3)CC(=O)O)ccc2O1. The highest BCUT2D eigenvalue weighted by molar-refractivity contribution is 6.30. The summed E-state index contributed by atoms with van der Waals surface area (Å²) in [5.41, 5.74) is 2.72. The molecule has 1 heterocycles. The van der Waals surface area contributed by atoms with Crippen LogP contribution in [0.2, 0.25) is 5.02 Å². The maximum absolute atomic E-state index is 13.2. The number of amides is 1. The molecule has 1 aliphatic rings. The summed E-state index contributed by atoms with van der Waals surface area (Å²) < 4.78 is 19.4. The Hall–Kier alpha value is -3.38. The fraction of sp³-hybridized carbons (Fsp3) is 0.259. The number of rotatable bonds is 8. The van der Waals surface area contributed by atoms with E-state index in [0.29, 0.717) is 35.6 Å². The quantitative estimate of drug-likeness (QED) is 0.481. The van der Waals surface area contributed by atoms with Crippen molar-refractivity contribution < 1.29 is 23.8 Å². The molecule has 34 heavy (non-hydrogen) atoms. The Kier molecular flexibility index (Phi) is 6.89. The third-order valence-electron chi connectivity index (χ3n) is 5.92. The van der Waals surface area contributed by atoms with Crippen LogP contribution in [0.5, 0.6) is 5.75 Å². The minimum absolute atomic E-state index is 0.267. The number of nitrogens with zero attached hydrogens (tertiary/aromatic N) is 1. The molecule has 1 aliphatic heterocycles. The lowest BCUT2D eigenvalue weighted by Crippen LogP contribution is -2.37. The van der Waals surface area contributed by atoms with E-state index in [1.165, 1.54) is 17.0 Å². The van der Waals surface area contributed by atoms with E-state index in [4.69, 9.17) is 16.3 Å². The molecular weight excluding hydrogens is 457 g/mol. The molecule has 0 aromatic heterocycles. The highest BCUT2D eigenvalue weighted by Gasteiger charge is 2.35. The molecule has 1 atom stereocenters. The van der Waals surface area contributed by atoms with Crippen molar-refractivity contribution in [2.45, 2.75) is 31.8 Å². The number of aliphatic carboxylic acids is 1. The summed E-state index contributed by atoms with van der Waals surface area (Å²) in [4.78, 5) is 26.0. The number of hydrogen-bond acceptors (Lipinski definition) is 3. The predicted molar refractivity (Wildman–Crippen MR) is 128 cm³/mol. The van der Waals surface area contributed by atoms with Crippen molar-refractivity contribution >= 4 is 23.5 Å². The number of carbonyl (C=O) groups excluding carboxylic acids is 1. The molecule has 7 heteroatoms. The number of carbonyl (C=O) groups is 2. The van der Waals surface area contributed by atoms with Gasteiger partial charge in [-0.15, -0.1) is 0 Å². The highest BCUT2D eigenvalue weighted by atomic mass is 35.5. The second kappa shape index (κ2) is 9.85. The van der Waals surface area contributed by atoms with E-state index >= 15 is 0 Å². The zero-order chi connectivity index (χ0) is 24.3. The third kappa shape index (κ3) is 5.75. The van der Waals surface area contributed by atoms with Crippen LogP contribution in [0.3, 0.4) is 0 Å². The summed E-state index contributed by atoms with van der Waals surface area (Å²) in [6.07, 6.45) is 1.70. The molecule has 0 fully saturated rings. The zero-order valence-corrected chi connectivity index (χ0v) is 19.5. The Bertz CT molecular complexity index is 1200. The van der Waals surface area contributed by atoms with E-state index in [0.717, 1.165) is 16.7 Å². The smallest absolute Gasteiger partial charge is 0.323 e. The standard InChI is InChI=1S/C27H25ClFNO4/c1-27(15-19-4-9-23(29)10-5-19)16-21-14-20(6-11-24(21)34-27)26(33)30(17-25(31)32)13-12-18-2-7-22(28)8-3-18/h2-11,14H,12-13,15-17H2,1H3,(H,31,32)/t27-/m1/s1. The third-order valence-corrected chi connectivity index (χ3v) is 6.17. The Morgan fingerprint density at radius 2 is 1.74 bits per heavy atom. The van der Waals surface area contributed by atoms with Gasteiger partial charge in [0.15, 0.2) is 0 Å². The molecule has 3 aromatic carbocycles. The van der Waals surface area contributed by atoms with Crippen molar-refractivity contribution in [3.05, 3.63) is 99.8 Å². The average molecular weight is 482 g/mol. The minimum atomic E-state index is -1.07. The summed E-state index contributed by atoms with van der Waals surface area (Å²) in [6.45, 7) is 1.87. The normalized spacial score (nSPS) is 16.6. The van der Waals surface area contributed by atoms with Crippen LogP contribution in [0.1, 0.15) is 34.0 Å². The van der Waals surface area contributed by atoms with Crippen LogP contribution in [0, 0.1) is 5.82 Å². The molecule has 3 aromatic rings. The molecular formula is C27H25ClFNO4. The van der Waals surface area contributed by atoms with Gasteiger partial charge in [-0.25, -0.2) is 4.39 Å². The van der Waals surface area contributed by atoms with Crippen LogP contribution in [-0.2, 0) is 24.1 Å². The van der Waals surface area contributed by atoms with Gasteiger partial charge in [0.1, 0.15) is 23.7 Å². The fourth-order valence-corrected chi connectivity index (χ4v) is 4.43. The molecule has 0 spiro atoms. The van der Waals surface area contributed by atoms with E-state index < -0.39 is 11.6 Å². The number of hydrogen-bond donors (Lipinski definition) is 1. The van der Waals surface area contributed by atoms with Gasteiger partial charge in [-0.2, -0.15) is 0 Å². The van der Waals surface area contributed by atoms with Gasteiger partial charge in [-0.3, -0.25) is 9.59 Å². The second-order valence-electron chi connectivity index (χ2n) is 8.85. The van der Waals surface area contributed by atoms with Gasteiger partial charge in [-0.05, 0) is 72.5 Å². The molecule has 0 unspecified atom stereocenters. The van der Waals surface area contributed by atoms with Crippen molar-refractivity contribution in [3.8, 4) is 5.75 Å². The van der Waals surface area contributed by atoms with Gasteiger partial charge in [0.2, 0.25) is 0 Å². The molecule has 0 aliphatic carbocycles. The number of carboxylic acids is 1. The Labute approximate surface area is 202 Å². The average Bonchev–Trinajstić information content (AvgIpc) is 3.13. The first-order chi connectivity index (χ1) is 16.2. The van der Waals surface area contributed by atoms with Gasteiger partial charge in [-0.1, -0.05) is 35.9 Å². The van der Waals surface area contributed by atoms with Crippen molar-refractivity contribution in [1.29, 1.82) is 0 Å². The van der Waals surface area contributed by atoms with Gasteiger partial charge >= 0.3 is 5.97 Å². The van der Waals surface area contributed by atoms with Crippen LogP contribution in [0.15, 0.2) is 66.7 Å². The number of carboxylic acid groups (broad SMARTS) is 1. The van der Waals surface area contributed by atoms with Crippen molar-refractivity contribution in [3.63, 3.8) is 0 Å². The van der Waals surface area contributed by atoms with Gasteiger partial charge < -0.3 is 14.7 Å². The molecule has 0 radical (unpaired) electrons. The Morgan fingerprint density at radius 1 is 1.06 bits per heavy atom. The van der Waals surface area contributed by atoms with Gasteiger partial charge in [0, 0.05) is 30.0 Å². The molecule has 0 saturated carbocycles. The monoisotopic (exact) mass is 481 g/mol. The summed E-state index contributed by atoms with van der Waals surface area (Å²) in [5, 5.41) is 9.96. The van der Waals surface area contributed by atoms with Crippen LogP contribution in [-0.4, -0.2) is 40.6 Å². The number of fused-ring (bicyclic) bond motifs is 1. The van der Waals surface area contributed by atoms with Crippen molar-refractivity contribution in [2.75, 3.05) is 13.1 Å². The molecule has 4 rings (SSSR count). The van der Waals surface area contributed by atoms with Crippen LogP contribution < -0.4 is 4.74 Å². The largest absolute Gasteiger partial charge is 0.487 e. The number of halogens is 2. The number of benzene rings is 3. The lowest BCUT2D eigenvalue weighted by atomic mass is 9.91. The van der Waals surface area contributed by atoms with E-state index in [9.17, 15) is 19.1 Å². The summed E-state index contributed by atoms with van der Waals surface area (Å²) in [6, 6.07) is 18.8. The first-order valence-corrected chi connectivity index (χ1v) is 11.4. The van der Waals surface area contributed by atoms with E-state index in [1.807, 2.05) is 19.1 Å². The van der Waals surface area contributed by atoms with Gasteiger partial charge in [0.25, 0.3) is 5.91 Å². The topological polar surface area (TPSA) is 66.8 Å². The molecule has 1 amide bonds. The molecule has 0 bridgehead atoms. The van der Waals surface area contributed by atoms with Crippen LogP contribution >= 0.6 is 11.6 Å². The maximum atomic E-state index is 13.2. The summed E-state index contributed by atoms with van der Waals surface area (Å²) in [7, 11) is 0. The lowest BCUT2D eigenvalue weighted by molar-refractivity contribution is -0.137. The summed E-state index contributed by atoms with van der Waals surface area (Å²) >= 11 is 5.92. The first kappa shape index (κ1) is 23.8. The first-order valence-electron chi connectivity index (χ1n) is 11.0. The van der Waals surface area contributed by atoms with Crippen molar-refractivity contribution in [1.82, 2.24) is 4.90 Å². The second-order valence-corrected chi connectivity index (χ2v) is 9.29. The van der Waals surface area contributed by atoms with Crippen LogP contribution in [0.4, 0.5) is 4.39 Å². The molecule has 176 valence electrons. The van der Waals surface area contributed by atoms with E-state index in [2.05, 4.69) is 0 Å². The summed E-state index contributed by atoms with van der Waals surface area (Å²) in [5.74, 6) is -0.992. The van der Waals surface area contributed by atoms with Crippen molar-refractivity contribution in [2.24, 2.45) is 0 Å². The van der Waals surface area contributed by atoms with E-state index in [1.54, 1.807) is 42.5 Å². The van der Waals surface area contributed by atoms with E-state index in [-0.39, 0.29) is 24.8 Å². The van der Waals surface area contributed by atoms with Crippen LogP contribution in [0.25, 0.3) is 0 Å². The maximum Gasteiger partial charge on any atom is 0.323 e. The molecule has 5 nitrogen and oxygen atoms in total.